The minimum Gasteiger partial charge on any atom is -0.508 e. The molecular formula is C33H41NO8. The highest BCUT2D eigenvalue weighted by atomic mass is 16.6. The van der Waals surface area contributed by atoms with Gasteiger partial charge in [0, 0.05) is 40.8 Å². The van der Waals surface area contributed by atoms with Crippen LogP contribution in [0.15, 0.2) is 48.1 Å². The Morgan fingerprint density at radius 3 is 2.45 bits per heavy atom. The lowest BCUT2D eigenvalue weighted by molar-refractivity contribution is -0.341. The van der Waals surface area contributed by atoms with E-state index >= 15 is 0 Å². The molecule has 5 aliphatic carbocycles. The Labute approximate surface area is 245 Å². The van der Waals surface area contributed by atoms with Gasteiger partial charge < -0.3 is 34.8 Å². The Balaban J connectivity index is 1.45. The van der Waals surface area contributed by atoms with E-state index in [0.29, 0.717) is 31.4 Å². The molecule has 7 rings (SSSR count). The molecule has 9 nitrogen and oxygen atoms in total. The van der Waals surface area contributed by atoms with Crippen LogP contribution in [-0.4, -0.2) is 86.9 Å². The number of allylic oxidation sites excluding steroid dienone is 1. The highest BCUT2D eigenvalue weighted by Gasteiger charge is 2.90. The van der Waals surface area contributed by atoms with Crippen molar-refractivity contribution in [2.75, 3.05) is 13.6 Å². The number of esters is 2. The molecule has 9 heteroatoms. The van der Waals surface area contributed by atoms with Gasteiger partial charge in [-0.15, -0.1) is 0 Å². The summed E-state index contributed by atoms with van der Waals surface area (Å²) >= 11 is 0. The number of hydrogen-bond acceptors (Lipinski definition) is 9. The molecule has 6 fully saturated rings. The first-order chi connectivity index (χ1) is 19.8. The molecular weight excluding hydrogens is 538 g/mol. The van der Waals surface area contributed by atoms with Crippen LogP contribution in [0.4, 0.5) is 0 Å². The Morgan fingerprint density at radius 1 is 1.10 bits per heavy atom. The number of hydrogen-bond donors (Lipinski definition) is 4. The number of carbonyl (C=O) groups is 2. The first kappa shape index (κ1) is 28.1. The lowest BCUT2D eigenvalue weighted by atomic mass is 9.38. The molecule has 42 heavy (non-hydrogen) atoms. The van der Waals surface area contributed by atoms with Crippen molar-refractivity contribution < 1.29 is 39.5 Å². The third-order valence-corrected chi connectivity index (χ3v) is 12.5. The quantitative estimate of drug-likeness (QED) is 0.241. The number of piperidine rings is 1. The first-order valence-electron chi connectivity index (χ1n) is 15.1. The van der Waals surface area contributed by atoms with Gasteiger partial charge in [0.05, 0.1) is 17.8 Å². The zero-order chi connectivity index (χ0) is 30.1. The third kappa shape index (κ3) is 3.08. The highest BCUT2D eigenvalue weighted by molar-refractivity contribution is 5.90. The number of aliphatic hydroxyl groups is 3. The molecule has 0 amide bonds. The van der Waals surface area contributed by atoms with E-state index in [2.05, 4.69) is 11.5 Å². The molecule has 0 aromatic heterocycles. The van der Waals surface area contributed by atoms with Crippen LogP contribution in [-0.2, 0) is 14.3 Å². The van der Waals surface area contributed by atoms with Crippen molar-refractivity contribution in [2.24, 2.45) is 34.0 Å². The second kappa shape index (κ2) is 8.68. The van der Waals surface area contributed by atoms with Crippen LogP contribution >= 0.6 is 0 Å². The van der Waals surface area contributed by atoms with E-state index < -0.39 is 64.1 Å². The summed E-state index contributed by atoms with van der Waals surface area (Å²) in [6, 6.07) is 5.53. The molecule has 4 N–H and O–H groups in total. The summed E-state index contributed by atoms with van der Waals surface area (Å²) in [5.41, 5.74) is -2.39. The number of nitrogens with zero attached hydrogens (tertiary/aromatic N) is 1. The summed E-state index contributed by atoms with van der Waals surface area (Å²) < 4.78 is 12.7. The number of phenols is 1. The summed E-state index contributed by atoms with van der Waals surface area (Å²) in [5, 5.41) is 46.1. The van der Waals surface area contributed by atoms with Crippen LogP contribution in [0.25, 0.3) is 0 Å². The van der Waals surface area contributed by atoms with Gasteiger partial charge in [-0.3, -0.25) is 0 Å². The number of ether oxygens (including phenoxy) is 2. The molecule has 226 valence electrons. The number of aliphatic hydroxyl groups excluding tert-OH is 2. The van der Waals surface area contributed by atoms with Crippen molar-refractivity contribution in [1.82, 2.24) is 4.90 Å². The molecule has 1 aliphatic heterocycles. The number of rotatable bonds is 4. The number of likely N-dealkylation sites (tertiary alicyclic amines) is 1. The molecule has 1 aromatic carbocycles. The van der Waals surface area contributed by atoms with Crippen LogP contribution in [0.2, 0.25) is 0 Å². The Morgan fingerprint density at radius 2 is 1.79 bits per heavy atom. The molecule has 1 aromatic rings. The lowest BCUT2D eigenvalue weighted by Crippen LogP contribution is -2.82. The van der Waals surface area contributed by atoms with E-state index in [1.54, 1.807) is 19.9 Å². The van der Waals surface area contributed by atoms with Crippen molar-refractivity contribution >= 4 is 11.9 Å². The minimum atomic E-state index is -1.55. The fourth-order valence-corrected chi connectivity index (χ4v) is 11.6. The van der Waals surface area contributed by atoms with Gasteiger partial charge in [0.1, 0.15) is 23.6 Å². The average Bonchev–Trinajstić information content (AvgIpc) is 3.19. The van der Waals surface area contributed by atoms with Crippen molar-refractivity contribution in [2.45, 2.75) is 82.5 Å². The summed E-state index contributed by atoms with van der Waals surface area (Å²) in [5.74, 6) is -2.11. The molecule has 0 radical (unpaired) electrons. The topological polar surface area (TPSA) is 137 Å². The lowest BCUT2D eigenvalue weighted by Gasteiger charge is -2.72. The third-order valence-electron chi connectivity index (χ3n) is 12.5. The SMILES string of the molecule is C=C1C[C@@]23C[C@H](O)[C@]4(O)[C@@]5(C)C[C@H](O)C[C@@]46[C@@H]2[C@H](OC(=O)c2ccc(O)cc2)[C@H](OC(=O)/C(C)=C/C)[C@@H]1[C@@H]3[C@H]6N(C)C5. The van der Waals surface area contributed by atoms with E-state index in [0.717, 1.165) is 5.57 Å². The zero-order valence-electron chi connectivity index (χ0n) is 24.6. The van der Waals surface area contributed by atoms with E-state index in [4.69, 9.17) is 9.47 Å². The zero-order valence-corrected chi connectivity index (χ0v) is 24.6. The standard InChI is InChI=1S/C33H41NO8/c1-6-16(2)28(38)41-24-22-17(3)11-31-14-21(37)33(40)30(4)12-20(36)13-32(33,27(23(22)31)34(5)15-30)26(31)25(24)42-29(39)18-7-9-19(35)10-8-18/h6-10,20-27,35-37,40H,3,11-15H2,1-2,4-5H3/b16-6+/t20-,21-,22-,23+,24+,25+,26+,27+,30-,31-,32-,33-/m0/s1. The van der Waals surface area contributed by atoms with Crippen LogP contribution in [0.1, 0.15) is 56.8 Å². The molecule has 1 heterocycles. The largest absolute Gasteiger partial charge is 0.508 e. The number of benzene rings is 1. The monoisotopic (exact) mass is 579 g/mol. The van der Waals surface area contributed by atoms with Crippen molar-refractivity contribution in [3.8, 4) is 5.75 Å². The normalized spacial score (nSPS) is 48.6. The van der Waals surface area contributed by atoms with Gasteiger partial charge in [0.15, 0.2) is 0 Å². The Kier molecular flexibility index (Phi) is 5.80. The Hall–Kier alpha value is -2.72. The minimum absolute atomic E-state index is 0.0145. The summed E-state index contributed by atoms with van der Waals surface area (Å²) in [6.07, 6.45) is -0.414. The van der Waals surface area contributed by atoms with Gasteiger partial charge >= 0.3 is 11.9 Å². The summed E-state index contributed by atoms with van der Waals surface area (Å²) in [7, 11) is 2.05. The predicted molar refractivity (Wildman–Crippen MR) is 151 cm³/mol. The van der Waals surface area contributed by atoms with Gasteiger partial charge in [-0.2, -0.15) is 0 Å². The first-order valence-corrected chi connectivity index (χ1v) is 15.1. The van der Waals surface area contributed by atoms with Crippen LogP contribution < -0.4 is 0 Å². The second-order valence-corrected chi connectivity index (χ2v) is 14.4. The van der Waals surface area contributed by atoms with Crippen LogP contribution in [0.3, 0.4) is 0 Å². The maximum absolute atomic E-state index is 13.8. The van der Waals surface area contributed by atoms with E-state index in [-0.39, 0.29) is 35.6 Å². The average molecular weight is 580 g/mol. The molecule has 1 saturated heterocycles. The van der Waals surface area contributed by atoms with E-state index in [9.17, 15) is 30.0 Å². The van der Waals surface area contributed by atoms with Crippen molar-refractivity contribution in [3.63, 3.8) is 0 Å². The maximum Gasteiger partial charge on any atom is 0.338 e. The number of phenolic OH excluding ortho intramolecular Hbond substituents is 1. The van der Waals surface area contributed by atoms with Gasteiger partial charge in [-0.1, -0.05) is 25.2 Å². The smallest absolute Gasteiger partial charge is 0.338 e. The van der Waals surface area contributed by atoms with E-state index in [1.165, 1.54) is 24.3 Å². The summed E-state index contributed by atoms with van der Waals surface area (Å²) in [6.45, 7) is 10.3. The van der Waals surface area contributed by atoms with Crippen molar-refractivity contribution in [3.05, 3.63) is 53.6 Å². The molecule has 6 aliphatic rings. The van der Waals surface area contributed by atoms with Crippen molar-refractivity contribution in [1.29, 1.82) is 0 Å². The molecule has 2 spiro atoms. The fourth-order valence-electron chi connectivity index (χ4n) is 11.6. The molecule has 6 bridgehead atoms. The highest BCUT2D eigenvalue weighted by Crippen LogP contribution is 2.84. The molecule has 0 unspecified atom stereocenters. The second-order valence-electron chi connectivity index (χ2n) is 14.4. The predicted octanol–water partition coefficient (Wildman–Crippen LogP) is 2.57. The number of carbonyl (C=O) groups excluding carboxylic acids is 2. The fraction of sp³-hybridized carbons (Fsp3) is 0.636. The molecule has 5 saturated carbocycles. The van der Waals surface area contributed by atoms with Gasteiger partial charge in [0.25, 0.3) is 0 Å². The van der Waals surface area contributed by atoms with Crippen LogP contribution in [0, 0.1) is 34.0 Å². The maximum atomic E-state index is 13.8. The molecule has 12 atom stereocenters. The number of aromatic hydroxyl groups is 1. The van der Waals surface area contributed by atoms with Crippen LogP contribution in [0.5, 0.6) is 5.75 Å². The summed E-state index contributed by atoms with van der Waals surface area (Å²) in [4.78, 5) is 29.4. The Bertz CT molecular complexity index is 1410. The van der Waals surface area contributed by atoms with Gasteiger partial charge in [0.2, 0.25) is 0 Å². The van der Waals surface area contributed by atoms with Gasteiger partial charge in [-0.25, -0.2) is 9.59 Å². The van der Waals surface area contributed by atoms with Gasteiger partial charge in [-0.05, 0) is 82.2 Å². The van der Waals surface area contributed by atoms with E-state index in [1.807, 2.05) is 14.0 Å².